The van der Waals surface area contributed by atoms with E-state index in [2.05, 4.69) is 48.5 Å². The molecule has 2 saturated carbocycles. The van der Waals surface area contributed by atoms with Crippen molar-refractivity contribution in [3.63, 3.8) is 0 Å². The fraction of sp³-hybridized carbons (Fsp3) is 0.688. The molecule has 2 aliphatic carbocycles. The molecule has 11 heteroatoms. The molecule has 43 heavy (non-hydrogen) atoms. The molecular weight excluding hydrogens is 568 g/mol. The Morgan fingerprint density at radius 2 is 1.58 bits per heavy atom. The van der Waals surface area contributed by atoms with Gasteiger partial charge in [0.15, 0.2) is 0 Å². The lowest BCUT2D eigenvalue weighted by atomic mass is 9.82. The van der Waals surface area contributed by atoms with Gasteiger partial charge in [-0.15, -0.1) is 10.2 Å². The molecule has 0 aliphatic heterocycles. The van der Waals surface area contributed by atoms with Gasteiger partial charge in [-0.1, -0.05) is 39.5 Å². The van der Waals surface area contributed by atoms with Crippen molar-refractivity contribution in [2.75, 3.05) is 32.6 Å². The zero-order valence-electron chi connectivity index (χ0n) is 26.9. The van der Waals surface area contributed by atoms with E-state index < -0.39 is 17.1 Å². The molecule has 0 saturated heterocycles. The van der Waals surface area contributed by atoms with Gasteiger partial charge in [-0.3, -0.25) is 4.79 Å². The first-order chi connectivity index (χ1) is 20.0. The van der Waals surface area contributed by atoms with Crippen molar-refractivity contribution in [2.24, 2.45) is 16.2 Å². The van der Waals surface area contributed by atoms with E-state index in [0.29, 0.717) is 43.9 Å². The first-order valence-corrected chi connectivity index (χ1v) is 16.2. The SMILES string of the molecule is CSc1nnc(-c2ccc(OCC(C)(C)COCC(C)(C)CNC(=O)C34CCC(NC(=O)OC(C)(C)C)(CC3)C4)cc2)o1. The number of ether oxygens (including phenoxy) is 3. The highest BCUT2D eigenvalue weighted by atomic mass is 32.2. The lowest BCUT2D eigenvalue weighted by molar-refractivity contribution is -0.131. The molecule has 0 spiro atoms. The Balaban J connectivity index is 1.18. The Morgan fingerprint density at radius 1 is 0.930 bits per heavy atom. The number of aromatic nitrogens is 2. The molecule has 238 valence electrons. The van der Waals surface area contributed by atoms with Crippen LogP contribution in [-0.2, 0) is 14.3 Å². The third-order valence-corrected chi connectivity index (χ3v) is 8.63. The minimum absolute atomic E-state index is 0.0782. The highest BCUT2D eigenvalue weighted by molar-refractivity contribution is 7.98. The summed E-state index contributed by atoms with van der Waals surface area (Å²) in [5.74, 6) is 1.32. The third-order valence-electron chi connectivity index (χ3n) is 8.11. The molecule has 2 aromatic rings. The molecule has 0 atom stereocenters. The van der Waals surface area contributed by atoms with Gasteiger partial charge >= 0.3 is 6.09 Å². The van der Waals surface area contributed by atoms with E-state index in [1.807, 2.05) is 51.3 Å². The number of nitrogens with zero attached hydrogens (tertiary/aromatic N) is 2. The predicted octanol–water partition coefficient (Wildman–Crippen LogP) is 6.25. The van der Waals surface area contributed by atoms with Crippen LogP contribution in [0.25, 0.3) is 11.5 Å². The summed E-state index contributed by atoms with van der Waals surface area (Å²) in [6, 6.07) is 7.60. The average Bonchev–Trinajstić information content (AvgIpc) is 3.64. The van der Waals surface area contributed by atoms with Crippen molar-refractivity contribution in [2.45, 2.75) is 96.9 Å². The first-order valence-electron chi connectivity index (χ1n) is 15.0. The monoisotopic (exact) mass is 616 g/mol. The molecule has 2 bridgehead atoms. The number of thioether (sulfide) groups is 1. The van der Waals surface area contributed by atoms with Crippen LogP contribution >= 0.6 is 11.8 Å². The Labute approximate surface area is 259 Å². The molecular formula is C32H48N4O6S. The number of hydrogen-bond acceptors (Lipinski definition) is 9. The Kier molecular flexibility index (Phi) is 9.76. The van der Waals surface area contributed by atoms with Gasteiger partial charge in [0.1, 0.15) is 11.4 Å². The zero-order valence-corrected chi connectivity index (χ0v) is 27.7. The van der Waals surface area contributed by atoms with Crippen LogP contribution in [0.2, 0.25) is 0 Å². The van der Waals surface area contributed by atoms with Crippen LogP contribution in [0.15, 0.2) is 33.9 Å². The summed E-state index contributed by atoms with van der Waals surface area (Å²) < 4.78 is 23.2. The molecule has 2 N–H and O–H groups in total. The number of benzene rings is 1. The minimum Gasteiger partial charge on any atom is -0.493 e. The van der Waals surface area contributed by atoms with Crippen LogP contribution in [0, 0.1) is 16.2 Å². The van der Waals surface area contributed by atoms with Crippen LogP contribution < -0.4 is 15.4 Å². The number of fused-ring (bicyclic) bond motifs is 2. The predicted molar refractivity (Wildman–Crippen MR) is 166 cm³/mol. The molecule has 0 radical (unpaired) electrons. The van der Waals surface area contributed by atoms with Crippen LogP contribution in [-0.4, -0.2) is 66.0 Å². The van der Waals surface area contributed by atoms with Crippen LogP contribution in [0.5, 0.6) is 5.75 Å². The Morgan fingerprint density at radius 3 is 2.19 bits per heavy atom. The van der Waals surface area contributed by atoms with Gasteiger partial charge in [-0.25, -0.2) is 4.79 Å². The summed E-state index contributed by atoms with van der Waals surface area (Å²) in [5.41, 5.74) is -0.937. The van der Waals surface area contributed by atoms with E-state index in [4.69, 9.17) is 18.6 Å². The summed E-state index contributed by atoms with van der Waals surface area (Å²) in [5, 5.41) is 14.9. The zero-order chi connectivity index (χ0) is 31.5. The highest BCUT2D eigenvalue weighted by Crippen LogP contribution is 2.56. The third kappa shape index (κ3) is 8.88. The second-order valence-corrected chi connectivity index (χ2v) is 15.5. The van der Waals surface area contributed by atoms with Crippen molar-refractivity contribution in [3.8, 4) is 17.2 Å². The highest BCUT2D eigenvalue weighted by Gasteiger charge is 2.58. The smallest absolute Gasteiger partial charge is 0.408 e. The molecule has 10 nitrogen and oxygen atoms in total. The van der Waals surface area contributed by atoms with Gasteiger partial charge in [-0.2, -0.15) is 0 Å². The van der Waals surface area contributed by atoms with Gasteiger partial charge in [-0.05, 0) is 83.4 Å². The fourth-order valence-corrected chi connectivity index (χ4v) is 6.07. The summed E-state index contributed by atoms with van der Waals surface area (Å²) >= 11 is 1.41. The van der Waals surface area contributed by atoms with E-state index in [9.17, 15) is 9.59 Å². The topological polar surface area (TPSA) is 125 Å². The van der Waals surface area contributed by atoms with Gasteiger partial charge in [0.05, 0.1) is 25.2 Å². The summed E-state index contributed by atoms with van der Waals surface area (Å²) in [6.07, 6.45) is 5.30. The molecule has 2 amide bonds. The maximum Gasteiger partial charge on any atom is 0.408 e. The number of carbonyl (C=O) groups is 2. The lowest BCUT2D eigenvalue weighted by Gasteiger charge is -2.31. The van der Waals surface area contributed by atoms with Crippen LogP contribution in [0.1, 0.15) is 80.6 Å². The summed E-state index contributed by atoms with van der Waals surface area (Å²) in [6.45, 7) is 16.0. The number of carbonyl (C=O) groups excluding carboxylic acids is 2. The summed E-state index contributed by atoms with van der Waals surface area (Å²) in [4.78, 5) is 25.8. The number of rotatable bonds is 13. The van der Waals surface area contributed by atoms with Gasteiger partial charge in [0, 0.05) is 28.5 Å². The molecule has 1 aromatic heterocycles. The van der Waals surface area contributed by atoms with Crippen molar-refractivity contribution in [1.29, 1.82) is 0 Å². The number of amides is 2. The maximum atomic E-state index is 13.4. The second kappa shape index (κ2) is 12.7. The second-order valence-electron chi connectivity index (χ2n) is 14.8. The van der Waals surface area contributed by atoms with Crippen molar-refractivity contribution in [3.05, 3.63) is 24.3 Å². The lowest BCUT2D eigenvalue weighted by Crippen LogP contribution is -2.47. The van der Waals surface area contributed by atoms with Crippen LogP contribution in [0.4, 0.5) is 4.79 Å². The standard InChI is InChI=1S/C32H48N4O6S/c1-28(2,3)42-26(38)34-32-15-13-31(17-32,14-16-32)25(37)33-18-29(4,5)19-39-20-30(6,7)21-40-23-11-9-22(10-12-23)24-35-36-27(41-24)43-8/h9-12H,13-21H2,1-8H3,(H,33,37)(H,34,38). The molecule has 0 unspecified atom stereocenters. The average molecular weight is 617 g/mol. The number of hydrogen-bond donors (Lipinski definition) is 2. The number of nitrogens with one attached hydrogen (secondary N) is 2. The van der Waals surface area contributed by atoms with Crippen molar-refractivity contribution < 1.29 is 28.2 Å². The fourth-order valence-electron chi connectivity index (χ4n) is 5.79. The Bertz CT molecular complexity index is 1260. The number of alkyl carbamates (subject to hydrolysis) is 1. The molecule has 1 heterocycles. The molecule has 2 aliphatic rings. The maximum absolute atomic E-state index is 13.4. The first kappa shape index (κ1) is 33.1. The molecule has 1 aromatic carbocycles. The van der Waals surface area contributed by atoms with E-state index in [1.165, 1.54) is 11.8 Å². The molecule has 2 fully saturated rings. The quantitative estimate of drug-likeness (QED) is 0.251. The Hall–Kier alpha value is -2.79. The van der Waals surface area contributed by atoms with E-state index >= 15 is 0 Å². The summed E-state index contributed by atoms with van der Waals surface area (Å²) in [7, 11) is 0. The van der Waals surface area contributed by atoms with E-state index in [0.717, 1.165) is 37.0 Å². The van der Waals surface area contributed by atoms with Gasteiger partial charge in [0.25, 0.3) is 5.22 Å². The van der Waals surface area contributed by atoms with E-state index in [1.54, 1.807) is 0 Å². The van der Waals surface area contributed by atoms with Crippen molar-refractivity contribution in [1.82, 2.24) is 20.8 Å². The van der Waals surface area contributed by atoms with Gasteiger partial charge < -0.3 is 29.3 Å². The normalized spacial score (nSPS) is 22.0. The molecule has 4 rings (SSSR count). The minimum atomic E-state index is -0.551. The largest absolute Gasteiger partial charge is 0.493 e. The van der Waals surface area contributed by atoms with E-state index in [-0.39, 0.29) is 22.3 Å². The van der Waals surface area contributed by atoms with Gasteiger partial charge in [0.2, 0.25) is 11.8 Å². The van der Waals surface area contributed by atoms with Crippen molar-refractivity contribution >= 4 is 23.8 Å². The van der Waals surface area contributed by atoms with Crippen LogP contribution in [0.3, 0.4) is 0 Å².